The summed E-state index contributed by atoms with van der Waals surface area (Å²) in [5.41, 5.74) is 0. The van der Waals surface area contributed by atoms with E-state index in [0.29, 0.717) is 0 Å². The van der Waals surface area contributed by atoms with Crippen LogP contribution >= 0.6 is 0 Å². The summed E-state index contributed by atoms with van der Waals surface area (Å²) in [6.45, 7) is 1.21. The van der Waals surface area contributed by atoms with Crippen LogP contribution in [0, 0.1) is 0 Å². The summed E-state index contributed by atoms with van der Waals surface area (Å²) in [7, 11) is 0. The summed E-state index contributed by atoms with van der Waals surface area (Å²) in [5, 5.41) is 11.2. The second-order valence-corrected chi connectivity index (χ2v) is 2.13. The molecule has 0 saturated carbocycles. The van der Waals surface area contributed by atoms with E-state index in [9.17, 15) is 14.7 Å². The van der Waals surface area contributed by atoms with Gasteiger partial charge in [-0.2, -0.15) is 0 Å². The fourth-order valence-corrected chi connectivity index (χ4v) is 0.722. The third-order valence-corrected chi connectivity index (χ3v) is 1.06. The van der Waals surface area contributed by atoms with Crippen LogP contribution in [0.15, 0.2) is 12.2 Å². The quantitative estimate of drug-likeness (QED) is 0.373. The fourth-order valence-electron chi connectivity index (χ4n) is 0.722. The molecule has 0 spiro atoms. The van der Waals surface area contributed by atoms with Gasteiger partial charge in [-0.05, 0) is 0 Å². The van der Waals surface area contributed by atoms with Gasteiger partial charge < -0.3 is 9.84 Å². The molecule has 1 unspecified atom stereocenters. The van der Waals surface area contributed by atoms with Gasteiger partial charge in [0.1, 0.15) is 0 Å². The normalized spacial score (nSPS) is 28.4. The molecule has 1 atom stereocenters. The molecule has 0 aromatic rings. The van der Waals surface area contributed by atoms with Gasteiger partial charge in [-0.3, -0.25) is 10.1 Å². The number of nitrogens with one attached hydrogen (secondary N) is 1. The van der Waals surface area contributed by atoms with E-state index in [1.54, 1.807) is 0 Å². The number of aliphatic hydroxyl groups is 1. The molecule has 0 fully saturated rings. The molecular formula is C6H7NO4. The number of carbonyl (C=O) groups is 2. The molecule has 0 aliphatic carbocycles. The highest BCUT2D eigenvalue weighted by Gasteiger charge is 2.33. The minimum Gasteiger partial charge on any atom is -0.407 e. The Balaban J connectivity index is 2.63. The summed E-state index contributed by atoms with van der Waals surface area (Å²) in [5.74, 6) is -3.10. The first-order valence-electron chi connectivity index (χ1n) is 2.95. The lowest BCUT2D eigenvalue weighted by atomic mass is 10.4. The Kier molecular flexibility index (Phi) is 1.66. The van der Waals surface area contributed by atoms with E-state index in [1.807, 2.05) is 5.32 Å². The van der Waals surface area contributed by atoms with Crippen molar-refractivity contribution in [2.45, 2.75) is 12.8 Å². The highest BCUT2D eigenvalue weighted by molar-refractivity contribution is 5.85. The topological polar surface area (TPSA) is 75.6 Å². The first-order valence-corrected chi connectivity index (χ1v) is 2.95. The molecule has 5 heteroatoms. The Morgan fingerprint density at radius 3 is 2.82 bits per heavy atom. The standard InChI is InChI=1S/C6H7NO4/c1-4(8)7-6(10)3-2-5(9)11-6/h2-3,10H,1H3,(H,7,8). The first-order chi connectivity index (χ1) is 5.02. The van der Waals surface area contributed by atoms with Gasteiger partial charge in [0.2, 0.25) is 5.91 Å². The minimum absolute atomic E-state index is 0.480. The Hall–Kier alpha value is -1.36. The van der Waals surface area contributed by atoms with Gasteiger partial charge in [0, 0.05) is 19.1 Å². The van der Waals surface area contributed by atoms with Crippen molar-refractivity contribution in [2.75, 3.05) is 0 Å². The van der Waals surface area contributed by atoms with E-state index < -0.39 is 17.8 Å². The summed E-state index contributed by atoms with van der Waals surface area (Å²) in [6.07, 6.45) is 2.10. The lowest BCUT2D eigenvalue weighted by Crippen LogP contribution is -2.46. The summed E-state index contributed by atoms with van der Waals surface area (Å²) in [4.78, 5) is 20.8. The van der Waals surface area contributed by atoms with Crippen molar-refractivity contribution in [1.29, 1.82) is 0 Å². The molecule has 0 aromatic heterocycles. The van der Waals surface area contributed by atoms with Crippen molar-refractivity contribution in [3.8, 4) is 0 Å². The second-order valence-electron chi connectivity index (χ2n) is 2.13. The van der Waals surface area contributed by atoms with Gasteiger partial charge in [0.05, 0.1) is 0 Å². The predicted octanol–water partition coefficient (Wildman–Crippen LogP) is -1.12. The van der Waals surface area contributed by atoms with E-state index >= 15 is 0 Å². The van der Waals surface area contributed by atoms with Crippen LogP contribution in [0.3, 0.4) is 0 Å². The number of carbonyl (C=O) groups excluding carboxylic acids is 2. The molecule has 1 amide bonds. The Labute approximate surface area is 62.6 Å². The zero-order valence-corrected chi connectivity index (χ0v) is 5.83. The van der Waals surface area contributed by atoms with Crippen molar-refractivity contribution in [3.63, 3.8) is 0 Å². The van der Waals surface area contributed by atoms with Crippen molar-refractivity contribution in [1.82, 2.24) is 5.32 Å². The zero-order valence-electron chi connectivity index (χ0n) is 5.83. The summed E-state index contributed by atoms with van der Waals surface area (Å²) in [6, 6.07) is 0. The number of hydrogen-bond donors (Lipinski definition) is 2. The number of amides is 1. The molecule has 0 aromatic carbocycles. The summed E-state index contributed by atoms with van der Waals surface area (Å²) >= 11 is 0. The summed E-state index contributed by atoms with van der Waals surface area (Å²) < 4.78 is 4.33. The third kappa shape index (κ3) is 1.78. The molecule has 1 rings (SSSR count). The van der Waals surface area contributed by atoms with Crippen LogP contribution in [0.25, 0.3) is 0 Å². The van der Waals surface area contributed by atoms with Crippen LogP contribution in [0.5, 0.6) is 0 Å². The van der Waals surface area contributed by atoms with Crippen LogP contribution < -0.4 is 5.32 Å². The molecule has 11 heavy (non-hydrogen) atoms. The van der Waals surface area contributed by atoms with Gasteiger partial charge in [0.15, 0.2) is 0 Å². The molecule has 2 N–H and O–H groups in total. The van der Waals surface area contributed by atoms with Crippen LogP contribution in [0.4, 0.5) is 0 Å². The van der Waals surface area contributed by atoms with E-state index in [0.717, 1.165) is 12.2 Å². The van der Waals surface area contributed by atoms with E-state index in [4.69, 9.17) is 0 Å². The molecule has 1 aliphatic rings. The number of rotatable bonds is 1. The second kappa shape index (κ2) is 2.35. The molecule has 5 nitrogen and oxygen atoms in total. The number of cyclic esters (lactones) is 1. The average Bonchev–Trinajstić information content (AvgIpc) is 2.08. The van der Waals surface area contributed by atoms with Gasteiger partial charge >= 0.3 is 11.9 Å². The predicted molar refractivity (Wildman–Crippen MR) is 34.0 cm³/mol. The largest absolute Gasteiger partial charge is 0.407 e. The van der Waals surface area contributed by atoms with Crippen molar-refractivity contribution in [2.24, 2.45) is 0 Å². The molecule has 1 heterocycles. The minimum atomic E-state index is -1.94. The monoisotopic (exact) mass is 157 g/mol. The first kappa shape index (κ1) is 7.74. The maximum atomic E-state index is 10.4. The molecule has 0 saturated heterocycles. The molecule has 60 valence electrons. The van der Waals surface area contributed by atoms with Crippen LogP contribution in [-0.4, -0.2) is 22.9 Å². The van der Waals surface area contributed by atoms with Gasteiger partial charge in [-0.1, -0.05) is 0 Å². The maximum Gasteiger partial charge on any atom is 0.334 e. The zero-order chi connectivity index (χ0) is 8.48. The van der Waals surface area contributed by atoms with Crippen molar-refractivity contribution < 1.29 is 19.4 Å². The highest BCUT2D eigenvalue weighted by atomic mass is 16.7. The molecule has 1 aliphatic heterocycles. The number of esters is 1. The van der Waals surface area contributed by atoms with Crippen LogP contribution in [0.2, 0.25) is 0 Å². The van der Waals surface area contributed by atoms with E-state index in [1.165, 1.54) is 6.92 Å². The van der Waals surface area contributed by atoms with Crippen LogP contribution in [-0.2, 0) is 14.3 Å². The van der Waals surface area contributed by atoms with Crippen LogP contribution in [0.1, 0.15) is 6.92 Å². The smallest absolute Gasteiger partial charge is 0.334 e. The van der Waals surface area contributed by atoms with Crippen molar-refractivity contribution in [3.05, 3.63) is 12.2 Å². The third-order valence-electron chi connectivity index (χ3n) is 1.06. The van der Waals surface area contributed by atoms with E-state index in [-0.39, 0.29) is 0 Å². The molecule has 0 radical (unpaired) electrons. The van der Waals surface area contributed by atoms with Gasteiger partial charge in [-0.25, -0.2) is 4.79 Å². The van der Waals surface area contributed by atoms with Gasteiger partial charge in [-0.15, -0.1) is 0 Å². The number of hydrogen-bond acceptors (Lipinski definition) is 4. The Morgan fingerprint density at radius 1 is 1.82 bits per heavy atom. The lowest BCUT2D eigenvalue weighted by molar-refractivity contribution is -0.189. The SMILES string of the molecule is CC(=O)NC1(O)C=CC(=O)O1. The van der Waals surface area contributed by atoms with E-state index in [2.05, 4.69) is 4.74 Å². The molecular weight excluding hydrogens is 150 g/mol. The fraction of sp³-hybridized carbons (Fsp3) is 0.333. The maximum absolute atomic E-state index is 10.4. The highest BCUT2D eigenvalue weighted by Crippen LogP contribution is 2.12. The van der Waals surface area contributed by atoms with Gasteiger partial charge in [0.25, 0.3) is 0 Å². The Bertz CT molecular complexity index is 235. The molecule has 0 bridgehead atoms. The average molecular weight is 157 g/mol. The van der Waals surface area contributed by atoms with Crippen molar-refractivity contribution >= 4 is 11.9 Å². The Morgan fingerprint density at radius 2 is 2.45 bits per heavy atom. The lowest BCUT2D eigenvalue weighted by Gasteiger charge is -2.19. The number of ether oxygens (including phenoxy) is 1.